The molecule has 134 valence electrons. The van der Waals surface area contributed by atoms with E-state index in [4.69, 9.17) is 0 Å². The zero-order chi connectivity index (χ0) is 19.1. The molecule has 0 spiro atoms. The van der Waals surface area contributed by atoms with Crippen LogP contribution in [-0.4, -0.2) is 5.11 Å². The Morgan fingerprint density at radius 1 is 0.640 bits per heavy atom. The van der Waals surface area contributed by atoms with E-state index in [9.17, 15) is 5.11 Å². The molecule has 1 heteroatoms. The molecule has 0 saturated heterocycles. The summed E-state index contributed by atoms with van der Waals surface area (Å²) < 4.78 is 0. The van der Waals surface area contributed by atoms with Gasteiger partial charge < -0.3 is 5.11 Å². The molecule has 0 atom stereocenters. The highest BCUT2D eigenvalue weighted by Gasteiger charge is 2.27. The molecule has 0 aliphatic carbocycles. The standard InChI is InChI=1S/C24H32O/c1-14-10-16(3)20(17(4)11-14)22(24(7,8)9)23(25)21-18(5)12-15(2)13-19(21)6/h10-13,25H,1-9H3/b23-22+. The van der Waals surface area contributed by atoms with Crippen LogP contribution in [0.4, 0.5) is 0 Å². The summed E-state index contributed by atoms with van der Waals surface area (Å²) in [5, 5.41) is 11.4. The van der Waals surface area contributed by atoms with Gasteiger partial charge in [0.2, 0.25) is 0 Å². The molecule has 0 heterocycles. The lowest BCUT2D eigenvalue weighted by atomic mass is 9.76. The topological polar surface area (TPSA) is 20.2 Å². The smallest absolute Gasteiger partial charge is 0.127 e. The predicted octanol–water partition coefficient (Wildman–Crippen LogP) is 7.01. The van der Waals surface area contributed by atoms with E-state index in [1.54, 1.807) is 0 Å². The number of aliphatic hydroxyl groups is 1. The monoisotopic (exact) mass is 336 g/mol. The second-order valence-electron chi connectivity index (χ2n) is 8.52. The van der Waals surface area contributed by atoms with Crippen LogP contribution in [0, 0.1) is 47.0 Å². The second kappa shape index (κ2) is 6.71. The molecule has 2 rings (SSSR count). The number of benzene rings is 2. The van der Waals surface area contributed by atoms with Crippen molar-refractivity contribution in [2.24, 2.45) is 5.41 Å². The maximum atomic E-state index is 11.4. The first-order valence-electron chi connectivity index (χ1n) is 9.03. The van der Waals surface area contributed by atoms with Crippen molar-refractivity contribution in [1.29, 1.82) is 0 Å². The van der Waals surface area contributed by atoms with E-state index in [0.29, 0.717) is 5.76 Å². The molecule has 1 nitrogen and oxygen atoms in total. The van der Waals surface area contributed by atoms with Gasteiger partial charge in [0.15, 0.2) is 0 Å². The Bertz CT molecular complexity index is 799. The quantitative estimate of drug-likeness (QED) is 0.462. The third-order valence-corrected chi connectivity index (χ3v) is 4.83. The summed E-state index contributed by atoms with van der Waals surface area (Å²) in [6.07, 6.45) is 0. The number of rotatable bonds is 2. The molecule has 0 amide bonds. The van der Waals surface area contributed by atoms with Crippen molar-refractivity contribution in [3.8, 4) is 0 Å². The summed E-state index contributed by atoms with van der Waals surface area (Å²) >= 11 is 0. The summed E-state index contributed by atoms with van der Waals surface area (Å²) in [6.45, 7) is 19.2. The number of hydrogen-bond acceptors (Lipinski definition) is 1. The molecular weight excluding hydrogens is 304 g/mol. The van der Waals surface area contributed by atoms with E-state index in [1.807, 2.05) is 0 Å². The zero-order valence-corrected chi connectivity index (χ0v) is 17.3. The van der Waals surface area contributed by atoms with E-state index < -0.39 is 0 Å². The summed E-state index contributed by atoms with van der Waals surface area (Å²) in [5.74, 6) is 0.414. The van der Waals surface area contributed by atoms with Crippen LogP contribution in [0.25, 0.3) is 11.3 Å². The highest BCUT2D eigenvalue weighted by atomic mass is 16.3. The van der Waals surface area contributed by atoms with Crippen LogP contribution in [-0.2, 0) is 0 Å². The molecule has 2 aromatic rings. The van der Waals surface area contributed by atoms with Crippen molar-refractivity contribution in [2.75, 3.05) is 0 Å². The van der Waals surface area contributed by atoms with Crippen LogP contribution >= 0.6 is 0 Å². The van der Waals surface area contributed by atoms with Crippen LogP contribution in [0.3, 0.4) is 0 Å². The Morgan fingerprint density at radius 3 is 1.28 bits per heavy atom. The van der Waals surface area contributed by atoms with E-state index in [0.717, 1.165) is 22.3 Å². The van der Waals surface area contributed by atoms with Crippen LogP contribution in [0.1, 0.15) is 65.3 Å². The Kier molecular flexibility index (Phi) is 5.18. The molecule has 25 heavy (non-hydrogen) atoms. The summed E-state index contributed by atoms with van der Waals surface area (Å²) in [4.78, 5) is 0. The number of aliphatic hydroxyl groups excluding tert-OH is 1. The number of aryl methyl sites for hydroxylation is 6. The Labute approximate surface area is 153 Å². The maximum absolute atomic E-state index is 11.4. The van der Waals surface area contributed by atoms with Gasteiger partial charge in [-0.25, -0.2) is 0 Å². The van der Waals surface area contributed by atoms with Crippen molar-refractivity contribution in [3.05, 3.63) is 68.8 Å². The molecule has 2 aromatic carbocycles. The van der Waals surface area contributed by atoms with Crippen molar-refractivity contribution >= 4 is 11.3 Å². The van der Waals surface area contributed by atoms with Gasteiger partial charge in [0.1, 0.15) is 5.76 Å². The molecule has 1 N–H and O–H groups in total. The lowest BCUT2D eigenvalue weighted by Crippen LogP contribution is -2.14. The van der Waals surface area contributed by atoms with Gasteiger partial charge in [0, 0.05) is 11.1 Å². The summed E-state index contributed by atoms with van der Waals surface area (Å²) in [5.41, 5.74) is 10.2. The van der Waals surface area contributed by atoms with Crippen molar-refractivity contribution in [1.82, 2.24) is 0 Å². The van der Waals surface area contributed by atoms with E-state index in [1.165, 1.54) is 27.8 Å². The zero-order valence-electron chi connectivity index (χ0n) is 17.3. The average molecular weight is 337 g/mol. The minimum absolute atomic E-state index is 0.168. The molecule has 0 saturated carbocycles. The first-order valence-corrected chi connectivity index (χ1v) is 9.03. The molecular formula is C24H32O. The lowest BCUT2D eigenvalue weighted by molar-refractivity contribution is 0.490. The lowest BCUT2D eigenvalue weighted by Gasteiger charge is -2.29. The van der Waals surface area contributed by atoms with Gasteiger partial charge in [-0.1, -0.05) is 56.2 Å². The third-order valence-electron chi connectivity index (χ3n) is 4.83. The van der Waals surface area contributed by atoms with Gasteiger partial charge in [-0.3, -0.25) is 0 Å². The van der Waals surface area contributed by atoms with E-state index in [-0.39, 0.29) is 5.41 Å². The van der Waals surface area contributed by atoms with Gasteiger partial charge in [0.25, 0.3) is 0 Å². The van der Waals surface area contributed by atoms with Crippen molar-refractivity contribution in [2.45, 2.75) is 62.3 Å². The Hall–Kier alpha value is -2.02. The SMILES string of the molecule is Cc1cc(C)c(/C(O)=C(/c2c(C)cc(C)cc2C)C(C)(C)C)c(C)c1. The average Bonchev–Trinajstić information content (AvgIpc) is 2.39. The van der Waals surface area contributed by atoms with Crippen LogP contribution in [0.2, 0.25) is 0 Å². The van der Waals surface area contributed by atoms with Crippen LogP contribution < -0.4 is 0 Å². The second-order valence-corrected chi connectivity index (χ2v) is 8.52. The fourth-order valence-electron chi connectivity index (χ4n) is 4.10. The van der Waals surface area contributed by atoms with Gasteiger partial charge in [-0.15, -0.1) is 0 Å². The minimum atomic E-state index is -0.168. The van der Waals surface area contributed by atoms with Crippen molar-refractivity contribution in [3.63, 3.8) is 0 Å². The number of allylic oxidation sites excluding steroid dienone is 1. The van der Waals surface area contributed by atoms with Gasteiger partial charge in [0.05, 0.1) is 0 Å². The molecule has 0 radical (unpaired) electrons. The first kappa shape index (κ1) is 19.3. The predicted molar refractivity (Wildman–Crippen MR) is 110 cm³/mol. The molecule has 0 aromatic heterocycles. The minimum Gasteiger partial charge on any atom is -0.507 e. The van der Waals surface area contributed by atoms with Crippen LogP contribution in [0.5, 0.6) is 0 Å². The summed E-state index contributed by atoms with van der Waals surface area (Å²) in [7, 11) is 0. The molecule has 0 aliphatic heterocycles. The normalized spacial score (nSPS) is 13.0. The maximum Gasteiger partial charge on any atom is 0.127 e. The van der Waals surface area contributed by atoms with Gasteiger partial charge in [-0.2, -0.15) is 0 Å². The van der Waals surface area contributed by atoms with E-state index in [2.05, 4.69) is 86.6 Å². The van der Waals surface area contributed by atoms with Crippen LogP contribution in [0.15, 0.2) is 24.3 Å². The third kappa shape index (κ3) is 3.81. The van der Waals surface area contributed by atoms with E-state index >= 15 is 0 Å². The largest absolute Gasteiger partial charge is 0.507 e. The first-order chi connectivity index (χ1) is 11.4. The van der Waals surface area contributed by atoms with Gasteiger partial charge in [-0.05, 0) is 74.8 Å². The van der Waals surface area contributed by atoms with Gasteiger partial charge >= 0.3 is 0 Å². The van der Waals surface area contributed by atoms with Crippen molar-refractivity contribution < 1.29 is 5.11 Å². The molecule has 0 unspecified atom stereocenters. The molecule has 0 aliphatic rings. The fraction of sp³-hybridized carbons (Fsp3) is 0.417. The highest BCUT2D eigenvalue weighted by molar-refractivity contribution is 5.92. The highest BCUT2D eigenvalue weighted by Crippen LogP contribution is 2.43. The molecule has 0 bridgehead atoms. The Morgan fingerprint density at radius 2 is 0.960 bits per heavy atom. The number of hydrogen-bond donors (Lipinski definition) is 1. The summed E-state index contributed by atoms with van der Waals surface area (Å²) in [6, 6.07) is 8.70. The Balaban J connectivity index is 2.91. The molecule has 0 fully saturated rings. The fourth-order valence-corrected chi connectivity index (χ4v) is 4.10.